The summed E-state index contributed by atoms with van der Waals surface area (Å²) in [6, 6.07) is 48.8. The van der Waals surface area contributed by atoms with E-state index in [0.29, 0.717) is 0 Å². The topological polar surface area (TPSA) is 44.4 Å². The summed E-state index contributed by atoms with van der Waals surface area (Å²) in [6.07, 6.45) is 0. The highest BCUT2D eigenvalue weighted by molar-refractivity contribution is 6.18. The van der Waals surface area contributed by atoms with Crippen LogP contribution >= 0.6 is 0 Å². The zero-order chi connectivity index (χ0) is 29.9. The van der Waals surface area contributed by atoms with E-state index in [9.17, 15) is 0 Å². The van der Waals surface area contributed by atoms with E-state index in [1.54, 1.807) is 0 Å². The van der Waals surface area contributed by atoms with E-state index in [1.165, 1.54) is 10.8 Å². The largest absolute Gasteiger partial charge is 0.456 e. The molecule has 0 radical (unpaired) electrons. The van der Waals surface area contributed by atoms with Crippen molar-refractivity contribution in [3.8, 4) is 16.8 Å². The molecular formula is C42H23NO3. The molecule has 7 aromatic carbocycles. The normalized spacial score (nSPS) is 12.3. The van der Waals surface area contributed by atoms with Crippen molar-refractivity contribution >= 4 is 87.6 Å². The number of rotatable bonds is 2. The summed E-state index contributed by atoms with van der Waals surface area (Å²) >= 11 is 0. The Morgan fingerprint density at radius 1 is 0.326 bits per heavy atom. The standard InChI is InChI=1S/C42H23NO3/c1-4-16-35-25(9-1)32-22-34-27-11-3-5-17-37(27)44-40(34)23-36(32)43(35)24-19-20-39-33(21-24)31-15-8-14-30(42(31)46-39)29-13-7-12-28-26-10-2-6-18-38(26)45-41(28)29/h1-23H. The molecule has 0 saturated heterocycles. The van der Waals surface area contributed by atoms with Crippen LogP contribution in [0.3, 0.4) is 0 Å². The van der Waals surface area contributed by atoms with Crippen molar-refractivity contribution in [2.45, 2.75) is 0 Å². The van der Waals surface area contributed by atoms with E-state index in [2.05, 4.69) is 120 Å². The van der Waals surface area contributed by atoms with Crippen LogP contribution in [-0.2, 0) is 0 Å². The fraction of sp³-hybridized carbons (Fsp3) is 0. The number of furan rings is 3. The summed E-state index contributed by atoms with van der Waals surface area (Å²) in [5.74, 6) is 0. The number of aromatic nitrogens is 1. The first-order valence-corrected chi connectivity index (χ1v) is 15.5. The molecule has 0 aliphatic rings. The Labute approximate surface area is 261 Å². The van der Waals surface area contributed by atoms with Crippen LogP contribution in [0, 0.1) is 0 Å². The molecule has 0 fully saturated rings. The van der Waals surface area contributed by atoms with Gasteiger partial charge in [0.25, 0.3) is 0 Å². The Morgan fingerprint density at radius 3 is 1.65 bits per heavy atom. The minimum absolute atomic E-state index is 0.850. The summed E-state index contributed by atoms with van der Waals surface area (Å²) in [6.45, 7) is 0. The molecule has 0 unspecified atom stereocenters. The number of nitrogens with zero attached hydrogens (tertiary/aromatic N) is 1. The molecule has 0 saturated carbocycles. The van der Waals surface area contributed by atoms with Crippen molar-refractivity contribution in [2.75, 3.05) is 0 Å². The minimum Gasteiger partial charge on any atom is -0.456 e. The lowest BCUT2D eigenvalue weighted by molar-refractivity contribution is 0.665. The number of hydrogen-bond acceptors (Lipinski definition) is 3. The molecule has 11 rings (SSSR count). The number of benzene rings is 7. The van der Waals surface area contributed by atoms with Crippen LogP contribution in [0.5, 0.6) is 0 Å². The Balaban J connectivity index is 1.17. The van der Waals surface area contributed by atoms with Gasteiger partial charge in [-0.15, -0.1) is 0 Å². The quantitative estimate of drug-likeness (QED) is 0.201. The Kier molecular flexibility index (Phi) is 4.55. The molecule has 4 heteroatoms. The van der Waals surface area contributed by atoms with Gasteiger partial charge in [-0.05, 0) is 42.5 Å². The van der Waals surface area contributed by atoms with E-state index in [-0.39, 0.29) is 0 Å². The monoisotopic (exact) mass is 589 g/mol. The molecule has 4 heterocycles. The predicted octanol–water partition coefficient (Wildman–Crippen LogP) is 12.1. The molecule has 0 aliphatic carbocycles. The smallest absolute Gasteiger partial charge is 0.143 e. The first-order valence-electron chi connectivity index (χ1n) is 15.5. The van der Waals surface area contributed by atoms with Crippen molar-refractivity contribution in [1.82, 2.24) is 4.57 Å². The average molecular weight is 590 g/mol. The van der Waals surface area contributed by atoms with Crippen molar-refractivity contribution in [1.29, 1.82) is 0 Å². The molecule has 11 aromatic rings. The van der Waals surface area contributed by atoms with Gasteiger partial charge in [-0.3, -0.25) is 0 Å². The molecule has 4 nitrogen and oxygen atoms in total. The van der Waals surface area contributed by atoms with Crippen molar-refractivity contribution < 1.29 is 13.3 Å². The molecule has 214 valence electrons. The maximum Gasteiger partial charge on any atom is 0.143 e. The molecule has 0 spiro atoms. The van der Waals surface area contributed by atoms with Crippen molar-refractivity contribution in [3.05, 3.63) is 140 Å². The molecule has 0 aliphatic heterocycles. The fourth-order valence-corrected chi connectivity index (χ4v) is 7.56. The van der Waals surface area contributed by atoms with Gasteiger partial charge < -0.3 is 17.8 Å². The molecule has 4 aromatic heterocycles. The molecule has 0 bridgehead atoms. The Morgan fingerprint density at radius 2 is 0.891 bits per heavy atom. The number of para-hydroxylation sites is 5. The second kappa shape index (κ2) is 8.68. The maximum atomic E-state index is 6.63. The highest BCUT2D eigenvalue weighted by atomic mass is 16.3. The summed E-state index contributed by atoms with van der Waals surface area (Å²) in [4.78, 5) is 0. The first-order chi connectivity index (χ1) is 22.8. The van der Waals surface area contributed by atoms with Gasteiger partial charge in [0.05, 0.1) is 11.0 Å². The third-order valence-electron chi connectivity index (χ3n) is 9.60. The second-order valence-electron chi connectivity index (χ2n) is 12.1. The van der Waals surface area contributed by atoms with E-state index in [1.807, 2.05) is 24.3 Å². The fourth-order valence-electron chi connectivity index (χ4n) is 7.56. The van der Waals surface area contributed by atoms with Crippen LogP contribution in [-0.4, -0.2) is 4.57 Å². The van der Waals surface area contributed by atoms with E-state index < -0.39 is 0 Å². The maximum absolute atomic E-state index is 6.63. The highest BCUT2D eigenvalue weighted by Gasteiger charge is 2.20. The van der Waals surface area contributed by atoms with Gasteiger partial charge in [-0.2, -0.15) is 0 Å². The lowest BCUT2D eigenvalue weighted by atomic mass is 10.00. The van der Waals surface area contributed by atoms with Gasteiger partial charge >= 0.3 is 0 Å². The first kappa shape index (κ1) is 24.1. The van der Waals surface area contributed by atoms with Gasteiger partial charge in [0.15, 0.2) is 0 Å². The van der Waals surface area contributed by atoms with Gasteiger partial charge in [0, 0.05) is 66.0 Å². The Hall–Kier alpha value is -6.26. The summed E-state index contributed by atoms with van der Waals surface area (Å²) in [7, 11) is 0. The molecular weight excluding hydrogens is 566 g/mol. The molecule has 0 amide bonds. The zero-order valence-corrected chi connectivity index (χ0v) is 24.5. The zero-order valence-electron chi connectivity index (χ0n) is 24.5. The second-order valence-corrected chi connectivity index (χ2v) is 12.1. The molecule has 0 atom stereocenters. The SMILES string of the molecule is c1ccc2c(c1)oc1cc3c(cc12)c1ccccc1n3-c1ccc2oc3c(-c4cccc5c4oc4ccccc45)cccc3c2c1. The molecule has 0 N–H and O–H groups in total. The van der Waals surface area contributed by atoms with Crippen LogP contribution in [0.15, 0.2) is 153 Å². The van der Waals surface area contributed by atoms with Gasteiger partial charge in [-0.1, -0.05) is 91.0 Å². The van der Waals surface area contributed by atoms with Crippen LogP contribution in [0.2, 0.25) is 0 Å². The third-order valence-corrected chi connectivity index (χ3v) is 9.60. The average Bonchev–Trinajstić information content (AvgIpc) is 3.85. The Bertz CT molecular complexity index is 3040. The summed E-state index contributed by atoms with van der Waals surface area (Å²) < 4.78 is 21.7. The lowest BCUT2D eigenvalue weighted by Gasteiger charge is -2.08. The summed E-state index contributed by atoms with van der Waals surface area (Å²) in [5.41, 5.74) is 10.6. The lowest BCUT2D eigenvalue weighted by Crippen LogP contribution is -1.93. The molecule has 46 heavy (non-hydrogen) atoms. The van der Waals surface area contributed by atoms with E-state index in [0.717, 1.165) is 93.7 Å². The number of fused-ring (bicyclic) bond motifs is 12. The predicted molar refractivity (Wildman–Crippen MR) is 188 cm³/mol. The number of hydrogen-bond donors (Lipinski definition) is 0. The summed E-state index contributed by atoms with van der Waals surface area (Å²) in [5, 5.41) is 9.05. The minimum atomic E-state index is 0.850. The van der Waals surface area contributed by atoms with Crippen LogP contribution in [0.4, 0.5) is 0 Å². The van der Waals surface area contributed by atoms with E-state index in [4.69, 9.17) is 13.3 Å². The van der Waals surface area contributed by atoms with Crippen molar-refractivity contribution in [2.24, 2.45) is 0 Å². The van der Waals surface area contributed by atoms with Crippen LogP contribution < -0.4 is 0 Å². The highest BCUT2D eigenvalue weighted by Crippen LogP contribution is 2.43. The third kappa shape index (κ3) is 3.12. The van der Waals surface area contributed by atoms with Crippen molar-refractivity contribution in [3.63, 3.8) is 0 Å². The van der Waals surface area contributed by atoms with Crippen LogP contribution in [0.1, 0.15) is 0 Å². The van der Waals surface area contributed by atoms with Crippen LogP contribution in [0.25, 0.3) is 104 Å². The van der Waals surface area contributed by atoms with Gasteiger partial charge in [0.2, 0.25) is 0 Å². The van der Waals surface area contributed by atoms with Gasteiger partial charge in [0.1, 0.15) is 33.5 Å². The van der Waals surface area contributed by atoms with Gasteiger partial charge in [-0.25, -0.2) is 0 Å². The van der Waals surface area contributed by atoms with E-state index >= 15 is 0 Å².